The molecule has 330 valence electrons. The summed E-state index contributed by atoms with van der Waals surface area (Å²) in [7, 11) is 0.136. The van der Waals surface area contributed by atoms with Crippen molar-refractivity contribution in [2.45, 2.75) is 83.2 Å². The zero-order chi connectivity index (χ0) is 41.9. The Morgan fingerprint density at radius 1 is 0.607 bits per heavy atom. The van der Waals surface area contributed by atoms with Gasteiger partial charge in [0.1, 0.15) is 11.4 Å². The number of aryl methyl sites for hydroxylation is 2. The summed E-state index contributed by atoms with van der Waals surface area (Å²) in [4.78, 5) is 51.3. The van der Waals surface area contributed by atoms with Gasteiger partial charge in [-0.2, -0.15) is 0 Å². The van der Waals surface area contributed by atoms with Crippen molar-refractivity contribution in [3.05, 3.63) is 102 Å². The minimum absolute atomic E-state index is 0. The summed E-state index contributed by atoms with van der Waals surface area (Å²) >= 11 is 0. The molecular weight excluding hydrogens is 793 g/mol. The predicted octanol–water partition coefficient (Wildman–Crippen LogP) is 5.38. The molecule has 2 fully saturated rings. The first-order chi connectivity index (χ1) is 28.5. The Hall–Kier alpha value is -5.51. The van der Waals surface area contributed by atoms with E-state index in [1.165, 1.54) is 12.1 Å². The van der Waals surface area contributed by atoms with E-state index in [0.717, 1.165) is 66.8 Å². The summed E-state index contributed by atoms with van der Waals surface area (Å²) in [5.74, 6) is -1.02. The number of fused-ring (bicyclic) bond motifs is 2. The Bertz CT molecular complexity index is 2360. The normalized spacial score (nSPS) is 18.7. The van der Waals surface area contributed by atoms with Crippen LogP contribution in [-0.2, 0) is 33.7 Å². The third-order valence-corrected chi connectivity index (χ3v) is 12.9. The van der Waals surface area contributed by atoms with Gasteiger partial charge in [-0.25, -0.2) is 13.1 Å². The van der Waals surface area contributed by atoms with Crippen molar-refractivity contribution in [2.24, 2.45) is 31.7 Å². The standard InChI is InChI=1S/C25H30N4O4S.C19H26N4O2.2CH4/c1-29-22-14-8-5-9-18(22)17-23(29)25(31)28-21-13-7-6-12-20(21)24(30)26-15-16-27-34(32,33)19-10-3-2-4-11-19;1-23-16-9-5-2-6-13(16)12-17(23)19(25)22-15-8-4-3-7-14(15)18(24)21-11-10-20;;/h2-5,8-11,14,17,20-21,27H,6-7,12-13,15-16H2,1H3,(H,26,30)(H,28,31);2,5-6,9,12,14-15H,3-4,7-8,10-11,20H2,1H3,(H,21,24)(H,22,25);2*1H4/t20-,21+;14-,15+;;/m11../s1. The van der Waals surface area contributed by atoms with E-state index in [1.54, 1.807) is 18.2 Å². The summed E-state index contributed by atoms with van der Waals surface area (Å²) < 4.78 is 30.9. The molecule has 7 rings (SSSR count). The summed E-state index contributed by atoms with van der Waals surface area (Å²) in [5.41, 5.74) is 8.64. The highest BCUT2D eigenvalue weighted by Gasteiger charge is 2.34. The maximum Gasteiger partial charge on any atom is 0.268 e. The molecule has 0 spiro atoms. The van der Waals surface area contributed by atoms with Crippen LogP contribution in [0, 0.1) is 11.8 Å². The monoisotopic (exact) mass is 856 g/mol. The number of benzene rings is 3. The third-order valence-electron chi connectivity index (χ3n) is 11.4. The molecular formula is C46H64N8O6S. The average Bonchev–Trinajstić information content (AvgIpc) is 3.78. The first-order valence-corrected chi connectivity index (χ1v) is 22.0. The number of rotatable bonds is 13. The van der Waals surface area contributed by atoms with Crippen LogP contribution in [0.1, 0.15) is 87.2 Å². The fourth-order valence-electron chi connectivity index (χ4n) is 8.24. The lowest BCUT2D eigenvalue weighted by Crippen LogP contribution is -2.49. The second-order valence-corrected chi connectivity index (χ2v) is 17.1. The summed E-state index contributed by atoms with van der Waals surface area (Å²) in [6.07, 6.45) is 6.95. The highest BCUT2D eigenvalue weighted by molar-refractivity contribution is 7.89. The third kappa shape index (κ3) is 11.9. The molecule has 0 saturated heterocycles. The summed E-state index contributed by atoms with van der Waals surface area (Å²) in [5, 5.41) is 13.9. The zero-order valence-corrected chi connectivity index (χ0v) is 34.6. The zero-order valence-electron chi connectivity index (χ0n) is 33.8. The quantitative estimate of drug-likeness (QED) is 0.0855. The van der Waals surface area contributed by atoms with Gasteiger partial charge in [-0.3, -0.25) is 19.2 Å². The molecule has 0 unspecified atom stereocenters. The van der Waals surface area contributed by atoms with Gasteiger partial charge in [-0.1, -0.05) is 95.1 Å². The van der Waals surface area contributed by atoms with Crippen LogP contribution in [-0.4, -0.2) is 79.4 Å². The van der Waals surface area contributed by atoms with E-state index in [1.807, 2.05) is 83.9 Å². The van der Waals surface area contributed by atoms with Crippen molar-refractivity contribution in [1.82, 2.24) is 35.1 Å². The van der Waals surface area contributed by atoms with Crippen LogP contribution in [0.15, 0.2) is 95.9 Å². The van der Waals surface area contributed by atoms with E-state index in [0.29, 0.717) is 30.9 Å². The number of aromatic nitrogens is 2. The maximum atomic E-state index is 13.0. The van der Waals surface area contributed by atoms with E-state index in [4.69, 9.17) is 5.73 Å². The molecule has 0 radical (unpaired) electrons. The van der Waals surface area contributed by atoms with Gasteiger partial charge in [-0.05, 0) is 62.1 Å². The molecule has 61 heavy (non-hydrogen) atoms. The van der Waals surface area contributed by atoms with Crippen molar-refractivity contribution in [3.8, 4) is 0 Å². The van der Waals surface area contributed by atoms with E-state index in [-0.39, 0.29) is 80.4 Å². The Morgan fingerprint density at radius 2 is 1.03 bits per heavy atom. The molecule has 4 atom stereocenters. The number of nitrogens with one attached hydrogen (secondary N) is 5. The topological polar surface area (TPSA) is 198 Å². The lowest BCUT2D eigenvalue weighted by atomic mass is 9.83. The number of sulfonamides is 1. The SMILES string of the molecule is C.C.Cn1c(C(=O)N[C@H]2CCCC[C@H]2C(=O)NCCN)cc2ccccc21.Cn1c(C(=O)N[C@H]2CCCC[C@H]2C(=O)NCCNS(=O)(=O)c2ccccc2)cc2ccccc21. The number of carbonyl (C=O) groups excluding carboxylic acids is 4. The maximum absolute atomic E-state index is 13.0. The van der Waals surface area contributed by atoms with Crippen molar-refractivity contribution in [3.63, 3.8) is 0 Å². The smallest absolute Gasteiger partial charge is 0.268 e. The van der Waals surface area contributed by atoms with Gasteiger partial charge < -0.3 is 36.1 Å². The molecule has 4 amide bonds. The molecule has 2 aromatic heterocycles. The Kier molecular flexibility index (Phi) is 17.7. The van der Waals surface area contributed by atoms with E-state index in [9.17, 15) is 27.6 Å². The number of carbonyl (C=O) groups is 4. The number of nitrogens with two attached hydrogens (primary N) is 1. The number of amides is 4. The number of para-hydroxylation sites is 2. The molecule has 2 saturated carbocycles. The van der Waals surface area contributed by atoms with E-state index >= 15 is 0 Å². The second-order valence-electron chi connectivity index (χ2n) is 15.3. The fraction of sp³-hybridized carbons (Fsp3) is 0.435. The Labute approximate surface area is 360 Å². The lowest BCUT2D eigenvalue weighted by molar-refractivity contribution is -0.127. The van der Waals surface area contributed by atoms with Crippen molar-refractivity contribution in [1.29, 1.82) is 0 Å². The van der Waals surface area contributed by atoms with Crippen LogP contribution in [0.5, 0.6) is 0 Å². The summed E-state index contributed by atoms with van der Waals surface area (Å²) in [6, 6.07) is 27.2. The van der Waals surface area contributed by atoms with Gasteiger partial charge in [-0.15, -0.1) is 0 Å². The van der Waals surface area contributed by atoms with Gasteiger partial charge in [0.05, 0.1) is 16.7 Å². The molecule has 7 N–H and O–H groups in total. The lowest BCUT2D eigenvalue weighted by Gasteiger charge is -2.31. The molecule has 2 aliphatic carbocycles. The van der Waals surface area contributed by atoms with Gasteiger partial charge in [0.25, 0.3) is 11.8 Å². The average molecular weight is 857 g/mol. The van der Waals surface area contributed by atoms with Crippen molar-refractivity contribution < 1.29 is 27.6 Å². The first kappa shape index (κ1) is 48.2. The Morgan fingerprint density at radius 3 is 1.49 bits per heavy atom. The van der Waals surface area contributed by atoms with Crippen LogP contribution >= 0.6 is 0 Å². The number of nitrogens with zero attached hydrogens (tertiary/aromatic N) is 2. The van der Waals surface area contributed by atoms with Crippen LogP contribution in [0.4, 0.5) is 0 Å². The van der Waals surface area contributed by atoms with Crippen LogP contribution in [0.2, 0.25) is 0 Å². The summed E-state index contributed by atoms with van der Waals surface area (Å²) in [6.45, 7) is 1.15. The molecule has 2 aliphatic rings. The molecule has 5 aromatic rings. The molecule has 14 nitrogen and oxygen atoms in total. The highest BCUT2D eigenvalue weighted by Crippen LogP contribution is 2.27. The predicted molar refractivity (Wildman–Crippen MR) is 242 cm³/mol. The van der Waals surface area contributed by atoms with Crippen LogP contribution < -0.4 is 31.7 Å². The highest BCUT2D eigenvalue weighted by atomic mass is 32.2. The van der Waals surface area contributed by atoms with Crippen molar-refractivity contribution in [2.75, 3.05) is 26.2 Å². The van der Waals surface area contributed by atoms with Gasteiger partial charge in [0.2, 0.25) is 21.8 Å². The van der Waals surface area contributed by atoms with Gasteiger partial charge in [0.15, 0.2) is 0 Å². The van der Waals surface area contributed by atoms with Gasteiger partial charge in [0, 0.05) is 74.2 Å². The minimum Gasteiger partial charge on any atom is -0.355 e. The largest absolute Gasteiger partial charge is 0.355 e. The van der Waals surface area contributed by atoms with E-state index in [2.05, 4.69) is 26.0 Å². The molecule has 15 heteroatoms. The van der Waals surface area contributed by atoms with Crippen LogP contribution in [0.25, 0.3) is 21.8 Å². The molecule has 3 aromatic carbocycles. The molecule has 0 aliphatic heterocycles. The molecule has 2 heterocycles. The second kappa shape index (κ2) is 22.4. The minimum atomic E-state index is -3.62. The Balaban J connectivity index is 0.000000271. The van der Waals surface area contributed by atoms with Crippen molar-refractivity contribution >= 4 is 55.5 Å². The number of hydrogen-bond donors (Lipinski definition) is 6. The van der Waals surface area contributed by atoms with Gasteiger partial charge >= 0.3 is 0 Å². The number of hydrogen-bond acceptors (Lipinski definition) is 7. The van der Waals surface area contributed by atoms with Crippen LogP contribution in [0.3, 0.4) is 0 Å². The van der Waals surface area contributed by atoms with E-state index < -0.39 is 10.0 Å². The fourth-order valence-corrected chi connectivity index (χ4v) is 9.30. The molecule has 0 bridgehead atoms. The first-order valence-electron chi connectivity index (χ1n) is 20.5.